The Balaban J connectivity index is 2.10. The Bertz CT molecular complexity index is 605. The first-order valence-corrected chi connectivity index (χ1v) is 7.23. The highest BCUT2D eigenvalue weighted by Gasteiger charge is 2.07. The lowest BCUT2D eigenvalue weighted by atomic mass is 10.3. The molecule has 0 atom stereocenters. The Kier molecular flexibility index (Phi) is 4.89. The van der Waals surface area contributed by atoms with Crippen LogP contribution in [0.5, 0.6) is 0 Å². The van der Waals surface area contributed by atoms with Crippen LogP contribution < -0.4 is 5.32 Å². The maximum absolute atomic E-state index is 13.5. The smallest absolute Gasteiger partial charge is 0.141 e. The number of thioether (sulfide) groups is 1. The van der Waals surface area contributed by atoms with Gasteiger partial charge in [-0.2, -0.15) is 0 Å². The van der Waals surface area contributed by atoms with E-state index >= 15 is 0 Å². The van der Waals surface area contributed by atoms with Gasteiger partial charge < -0.3 is 5.32 Å². The maximum Gasteiger partial charge on any atom is 0.141 e. The normalized spacial score (nSPS) is 10.6. The molecule has 1 aromatic heterocycles. The van der Waals surface area contributed by atoms with Crippen LogP contribution in [0.3, 0.4) is 0 Å². The van der Waals surface area contributed by atoms with Crippen LogP contribution in [0, 0.1) is 18.6 Å². The number of nitrogens with zero attached hydrogens (tertiary/aromatic N) is 2. The summed E-state index contributed by atoms with van der Waals surface area (Å²) >= 11 is 1.25. The minimum absolute atomic E-state index is 0.390. The van der Waals surface area contributed by atoms with Crippen molar-refractivity contribution in [2.24, 2.45) is 0 Å². The average Bonchev–Trinajstić information content (AvgIpc) is 2.37. The molecule has 0 aliphatic heterocycles. The quantitative estimate of drug-likeness (QED) is 0.852. The van der Waals surface area contributed by atoms with Crippen LogP contribution in [0.1, 0.15) is 18.4 Å². The number of aromatic nitrogens is 2. The van der Waals surface area contributed by atoms with Crippen molar-refractivity contribution in [1.29, 1.82) is 0 Å². The van der Waals surface area contributed by atoms with Gasteiger partial charge in [-0.3, -0.25) is 0 Å². The van der Waals surface area contributed by atoms with E-state index in [2.05, 4.69) is 15.3 Å². The number of hydrogen-bond donors (Lipinski definition) is 1. The van der Waals surface area contributed by atoms with Gasteiger partial charge in [0.2, 0.25) is 0 Å². The van der Waals surface area contributed by atoms with E-state index in [1.165, 1.54) is 23.9 Å². The van der Waals surface area contributed by atoms with E-state index in [9.17, 15) is 8.78 Å². The lowest BCUT2D eigenvalue weighted by Gasteiger charge is -2.07. The highest BCUT2D eigenvalue weighted by Crippen LogP contribution is 2.25. The van der Waals surface area contributed by atoms with E-state index in [0.29, 0.717) is 16.5 Å². The number of nitrogens with one attached hydrogen (secondary N) is 1. The molecule has 106 valence electrons. The van der Waals surface area contributed by atoms with Gasteiger partial charge in [0.15, 0.2) is 0 Å². The first kappa shape index (κ1) is 14.7. The molecule has 20 heavy (non-hydrogen) atoms. The second-order valence-corrected chi connectivity index (χ2v) is 5.22. The summed E-state index contributed by atoms with van der Waals surface area (Å²) in [6, 6.07) is 5.41. The summed E-state index contributed by atoms with van der Waals surface area (Å²) in [5.41, 5.74) is 0.853. The van der Waals surface area contributed by atoms with E-state index in [1.807, 2.05) is 19.9 Å². The van der Waals surface area contributed by atoms with E-state index in [1.54, 1.807) is 0 Å². The van der Waals surface area contributed by atoms with Crippen LogP contribution in [0.25, 0.3) is 0 Å². The third-order valence-electron chi connectivity index (χ3n) is 2.51. The zero-order valence-electron chi connectivity index (χ0n) is 11.3. The van der Waals surface area contributed by atoms with Gasteiger partial charge in [0, 0.05) is 29.3 Å². The lowest BCUT2D eigenvalue weighted by Crippen LogP contribution is -2.04. The van der Waals surface area contributed by atoms with E-state index < -0.39 is 11.6 Å². The van der Waals surface area contributed by atoms with Crippen LogP contribution in [0.2, 0.25) is 0 Å². The molecule has 1 aromatic carbocycles. The van der Waals surface area contributed by atoms with Crippen LogP contribution in [-0.2, 0) is 5.75 Å². The summed E-state index contributed by atoms with van der Waals surface area (Å²) in [6.07, 6.45) is 0. The van der Waals surface area contributed by atoms with E-state index in [0.717, 1.165) is 24.1 Å². The standard InChI is InChI=1S/C14H15F2N3S/c1-3-17-13-6-9(2)18-14(19-13)8-20-12-5-4-10(15)7-11(12)16/h4-7H,3,8H2,1-2H3,(H,17,18,19). The minimum atomic E-state index is -0.576. The fraction of sp³-hybridized carbons (Fsp3) is 0.286. The summed E-state index contributed by atoms with van der Waals surface area (Å²) in [6.45, 7) is 4.64. The Hall–Kier alpha value is -1.69. The third kappa shape index (κ3) is 3.90. The fourth-order valence-electron chi connectivity index (χ4n) is 1.70. The monoisotopic (exact) mass is 295 g/mol. The number of anilines is 1. The Morgan fingerprint density at radius 3 is 2.70 bits per heavy atom. The maximum atomic E-state index is 13.5. The minimum Gasteiger partial charge on any atom is -0.370 e. The number of hydrogen-bond acceptors (Lipinski definition) is 4. The fourth-order valence-corrected chi connectivity index (χ4v) is 2.48. The molecule has 6 heteroatoms. The summed E-state index contributed by atoms with van der Waals surface area (Å²) in [5.74, 6) is 0.676. The van der Waals surface area contributed by atoms with Gasteiger partial charge in [-0.05, 0) is 26.0 Å². The van der Waals surface area contributed by atoms with Gasteiger partial charge in [0.1, 0.15) is 23.3 Å². The van der Waals surface area contributed by atoms with Gasteiger partial charge in [-0.25, -0.2) is 18.7 Å². The van der Waals surface area contributed by atoms with Crippen molar-refractivity contribution in [1.82, 2.24) is 9.97 Å². The van der Waals surface area contributed by atoms with Gasteiger partial charge in [0.05, 0.1) is 5.75 Å². The number of halogens is 2. The Labute approximate surface area is 120 Å². The van der Waals surface area contributed by atoms with Crippen LogP contribution in [-0.4, -0.2) is 16.5 Å². The van der Waals surface area contributed by atoms with Gasteiger partial charge >= 0.3 is 0 Å². The largest absolute Gasteiger partial charge is 0.370 e. The molecule has 0 unspecified atom stereocenters. The average molecular weight is 295 g/mol. The highest BCUT2D eigenvalue weighted by atomic mass is 32.2. The number of rotatable bonds is 5. The van der Waals surface area contributed by atoms with Crippen molar-refractivity contribution in [2.45, 2.75) is 24.5 Å². The summed E-state index contributed by atoms with van der Waals surface area (Å²) < 4.78 is 26.3. The highest BCUT2D eigenvalue weighted by molar-refractivity contribution is 7.98. The zero-order valence-corrected chi connectivity index (χ0v) is 12.1. The molecule has 2 rings (SSSR count). The summed E-state index contributed by atoms with van der Waals surface area (Å²) in [5, 5.41) is 3.12. The number of aryl methyl sites for hydroxylation is 1. The van der Waals surface area contributed by atoms with E-state index in [4.69, 9.17) is 0 Å². The van der Waals surface area contributed by atoms with Crippen molar-refractivity contribution in [3.63, 3.8) is 0 Å². The Morgan fingerprint density at radius 2 is 2.00 bits per heavy atom. The molecule has 0 saturated heterocycles. The van der Waals surface area contributed by atoms with Crippen molar-refractivity contribution in [3.8, 4) is 0 Å². The second kappa shape index (κ2) is 6.65. The second-order valence-electron chi connectivity index (χ2n) is 4.20. The molecule has 0 amide bonds. The molecule has 2 aromatic rings. The molecule has 1 N–H and O–H groups in total. The van der Waals surface area contributed by atoms with Crippen molar-refractivity contribution in [2.75, 3.05) is 11.9 Å². The molecule has 0 fully saturated rings. The molecule has 0 spiro atoms. The molecule has 0 aliphatic rings. The predicted molar refractivity (Wildman–Crippen MR) is 76.9 cm³/mol. The van der Waals surface area contributed by atoms with Crippen molar-refractivity contribution in [3.05, 3.63) is 47.4 Å². The predicted octanol–water partition coefficient (Wildman–Crippen LogP) is 3.79. The molecule has 0 radical (unpaired) electrons. The number of benzene rings is 1. The summed E-state index contributed by atoms with van der Waals surface area (Å²) in [7, 11) is 0. The summed E-state index contributed by atoms with van der Waals surface area (Å²) in [4.78, 5) is 9.05. The molecule has 3 nitrogen and oxygen atoms in total. The molecule has 0 bridgehead atoms. The topological polar surface area (TPSA) is 37.8 Å². The Morgan fingerprint density at radius 1 is 1.20 bits per heavy atom. The first-order valence-electron chi connectivity index (χ1n) is 6.24. The van der Waals surface area contributed by atoms with Gasteiger partial charge in [0.25, 0.3) is 0 Å². The first-order chi connectivity index (χ1) is 9.58. The third-order valence-corrected chi connectivity index (χ3v) is 3.55. The van der Waals surface area contributed by atoms with Crippen molar-refractivity contribution < 1.29 is 8.78 Å². The van der Waals surface area contributed by atoms with Gasteiger partial charge in [-0.1, -0.05) is 0 Å². The van der Waals surface area contributed by atoms with E-state index in [-0.39, 0.29) is 0 Å². The van der Waals surface area contributed by atoms with Crippen LogP contribution in [0.15, 0.2) is 29.2 Å². The lowest BCUT2D eigenvalue weighted by molar-refractivity contribution is 0.565. The molecule has 1 heterocycles. The van der Waals surface area contributed by atoms with Crippen LogP contribution in [0.4, 0.5) is 14.6 Å². The molecular formula is C14H15F2N3S. The van der Waals surface area contributed by atoms with Gasteiger partial charge in [-0.15, -0.1) is 11.8 Å². The molecular weight excluding hydrogens is 280 g/mol. The molecule has 0 aliphatic carbocycles. The van der Waals surface area contributed by atoms with Crippen molar-refractivity contribution >= 4 is 17.6 Å². The zero-order chi connectivity index (χ0) is 14.5. The molecule has 0 saturated carbocycles. The SMILES string of the molecule is CCNc1cc(C)nc(CSc2ccc(F)cc2F)n1. The van der Waals surface area contributed by atoms with Crippen LogP contribution >= 0.6 is 11.8 Å².